The van der Waals surface area contributed by atoms with Crippen LogP contribution in [-0.4, -0.2) is 33.8 Å². The molecule has 0 atom stereocenters. The van der Waals surface area contributed by atoms with E-state index in [2.05, 4.69) is 9.97 Å². The first-order valence-corrected chi connectivity index (χ1v) is 19.9. The molecule has 10 nitrogen and oxygen atoms in total. The number of nitrogens with zero attached hydrogens (tertiary/aromatic N) is 2. The fourth-order valence-corrected chi connectivity index (χ4v) is 7.54. The zero-order valence-electron chi connectivity index (χ0n) is 30.5. The first kappa shape index (κ1) is 39.5. The van der Waals surface area contributed by atoms with Crippen LogP contribution in [0.3, 0.4) is 0 Å². The van der Waals surface area contributed by atoms with Crippen LogP contribution in [0.2, 0.25) is 0 Å². The van der Waals surface area contributed by atoms with Crippen molar-refractivity contribution in [1.29, 1.82) is 0 Å². The third-order valence-corrected chi connectivity index (χ3v) is 10.5. The van der Waals surface area contributed by atoms with Crippen LogP contribution in [0.25, 0.3) is 0 Å². The van der Waals surface area contributed by atoms with E-state index in [9.17, 15) is 19.2 Å². The van der Waals surface area contributed by atoms with Gasteiger partial charge in [-0.2, -0.15) is 0 Å². The molecule has 56 heavy (non-hydrogen) atoms. The fraction of sp³-hybridized carbons (Fsp3) is 0.136. The van der Waals surface area contributed by atoms with E-state index in [0.29, 0.717) is 22.6 Å². The standard InChI is InChI=1S/C44H36N2O8S2/c1-29-19-35(25-51-41(47)33-15-9-17-39(21-33)53-43(49)31-11-5-3-6-12-31)37(23-45-29)27-55-56-28-38-24-46-30(2)20-36(38)26-52-42(48)34-16-10-18-40(22-34)54-44(50)32-13-7-4-8-14-32/h3-24H,25-28H2,1-2H3. The molecular formula is C44H36N2O8S2. The SMILES string of the molecule is Cc1cc(COC(=O)c2cccc(OC(=O)c3ccccc3)c2)c(CSSCc2cnc(C)cc2COC(=O)c2cccc(OC(=O)c3ccccc3)c2)cn1. The summed E-state index contributed by atoms with van der Waals surface area (Å²) in [6.07, 6.45) is 3.57. The van der Waals surface area contributed by atoms with Gasteiger partial charge in [-0.15, -0.1) is 0 Å². The molecule has 12 heteroatoms. The number of pyridine rings is 2. The van der Waals surface area contributed by atoms with Gasteiger partial charge in [0.05, 0.1) is 22.3 Å². The average molecular weight is 785 g/mol. The summed E-state index contributed by atoms with van der Waals surface area (Å²) in [7, 11) is 3.21. The lowest BCUT2D eigenvalue weighted by molar-refractivity contribution is 0.0462. The highest BCUT2D eigenvalue weighted by atomic mass is 33.1. The topological polar surface area (TPSA) is 131 Å². The van der Waals surface area contributed by atoms with Crippen molar-refractivity contribution in [3.05, 3.63) is 190 Å². The number of esters is 4. The van der Waals surface area contributed by atoms with Crippen molar-refractivity contribution in [2.75, 3.05) is 0 Å². The molecule has 2 heterocycles. The Balaban J connectivity index is 1.01. The number of rotatable bonds is 15. The summed E-state index contributed by atoms with van der Waals surface area (Å²) in [5, 5.41) is 0. The van der Waals surface area contributed by atoms with Crippen LogP contribution in [0.15, 0.2) is 134 Å². The van der Waals surface area contributed by atoms with Crippen LogP contribution in [0.1, 0.15) is 75.1 Å². The number of aromatic nitrogens is 2. The van der Waals surface area contributed by atoms with Gasteiger partial charge in [-0.05, 0) is 109 Å². The smallest absolute Gasteiger partial charge is 0.343 e. The minimum absolute atomic E-state index is 0.0343. The zero-order chi connectivity index (χ0) is 39.3. The lowest BCUT2D eigenvalue weighted by atomic mass is 10.1. The van der Waals surface area contributed by atoms with Crippen molar-refractivity contribution in [3.8, 4) is 11.5 Å². The molecule has 0 amide bonds. The maximum Gasteiger partial charge on any atom is 0.343 e. The minimum atomic E-state index is -0.552. The van der Waals surface area contributed by atoms with E-state index in [4.69, 9.17) is 18.9 Å². The number of benzene rings is 4. The summed E-state index contributed by atoms with van der Waals surface area (Å²) in [5.41, 5.74) is 6.38. The van der Waals surface area contributed by atoms with Crippen LogP contribution in [-0.2, 0) is 34.2 Å². The van der Waals surface area contributed by atoms with Crippen LogP contribution in [0.4, 0.5) is 0 Å². The maximum atomic E-state index is 13.0. The van der Waals surface area contributed by atoms with Crippen LogP contribution in [0.5, 0.6) is 11.5 Å². The van der Waals surface area contributed by atoms with E-state index in [1.54, 1.807) is 119 Å². The van der Waals surface area contributed by atoms with Gasteiger partial charge in [0.1, 0.15) is 24.7 Å². The fourth-order valence-electron chi connectivity index (χ4n) is 5.34. The highest BCUT2D eigenvalue weighted by molar-refractivity contribution is 8.76. The largest absolute Gasteiger partial charge is 0.457 e. The van der Waals surface area contributed by atoms with Gasteiger partial charge < -0.3 is 18.9 Å². The van der Waals surface area contributed by atoms with Gasteiger partial charge >= 0.3 is 23.9 Å². The molecular weight excluding hydrogens is 749 g/mol. The number of carbonyl (C=O) groups is 4. The Bertz CT molecular complexity index is 2170. The highest BCUT2D eigenvalue weighted by Gasteiger charge is 2.16. The summed E-state index contributed by atoms with van der Waals surface area (Å²) in [6.45, 7) is 3.81. The third kappa shape index (κ3) is 11.2. The number of aryl methyl sites for hydroxylation is 2. The normalized spacial score (nSPS) is 10.7. The van der Waals surface area contributed by atoms with E-state index in [-0.39, 0.29) is 35.8 Å². The Labute approximate surface area is 332 Å². The zero-order valence-corrected chi connectivity index (χ0v) is 32.1. The van der Waals surface area contributed by atoms with Crippen LogP contribution >= 0.6 is 21.6 Å². The molecule has 6 rings (SSSR count). The molecule has 0 aliphatic carbocycles. The molecule has 0 radical (unpaired) electrons. The summed E-state index contributed by atoms with van der Waals surface area (Å²) < 4.78 is 22.3. The van der Waals surface area contributed by atoms with Gasteiger partial charge in [-0.1, -0.05) is 70.1 Å². The molecule has 0 unspecified atom stereocenters. The van der Waals surface area contributed by atoms with Crippen LogP contribution < -0.4 is 9.47 Å². The van der Waals surface area contributed by atoms with E-state index in [1.165, 1.54) is 12.1 Å². The second-order valence-corrected chi connectivity index (χ2v) is 14.9. The van der Waals surface area contributed by atoms with Crippen molar-refractivity contribution in [1.82, 2.24) is 9.97 Å². The second kappa shape index (κ2) is 19.4. The highest BCUT2D eigenvalue weighted by Crippen LogP contribution is 2.32. The molecule has 4 aromatic carbocycles. The Morgan fingerprint density at radius 3 is 1.27 bits per heavy atom. The lowest BCUT2D eigenvalue weighted by Gasteiger charge is -2.13. The maximum absolute atomic E-state index is 13.0. The molecule has 282 valence electrons. The van der Waals surface area contributed by atoms with Crippen LogP contribution in [0, 0.1) is 13.8 Å². The minimum Gasteiger partial charge on any atom is -0.457 e. The van der Waals surface area contributed by atoms with Gasteiger partial charge in [0.25, 0.3) is 0 Å². The third-order valence-electron chi connectivity index (χ3n) is 8.25. The van der Waals surface area contributed by atoms with E-state index in [1.807, 2.05) is 38.1 Å². The van der Waals surface area contributed by atoms with E-state index >= 15 is 0 Å². The quantitative estimate of drug-likeness (QED) is 0.0426. The Hall–Kier alpha value is -6.24. The Kier molecular flexibility index (Phi) is 13.7. The van der Waals surface area contributed by atoms with Gasteiger partial charge in [0.2, 0.25) is 0 Å². The summed E-state index contributed by atoms with van der Waals surface area (Å²) >= 11 is 0. The number of carbonyl (C=O) groups excluding carboxylic acids is 4. The van der Waals surface area contributed by atoms with E-state index in [0.717, 1.165) is 33.6 Å². The summed E-state index contributed by atoms with van der Waals surface area (Å²) in [6, 6.07) is 33.6. The molecule has 6 aromatic rings. The first-order chi connectivity index (χ1) is 27.2. The van der Waals surface area contributed by atoms with Crippen molar-refractivity contribution in [2.24, 2.45) is 0 Å². The molecule has 0 fully saturated rings. The number of hydrogen-bond acceptors (Lipinski definition) is 12. The summed E-state index contributed by atoms with van der Waals surface area (Å²) in [4.78, 5) is 59.9. The summed E-state index contributed by atoms with van der Waals surface area (Å²) in [5.74, 6) is -0.499. The molecule has 0 bridgehead atoms. The monoisotopic (exact) mass is 784 g/mol. The van der Waals surface area contributed by atoms with Crippen molar-refractivity contribution < 1.29 is 38.1 Å². The van der Waals surface area contributed by atoms with Gasteiger partial charge in [-0.3, -0.25) is 9.97 Å². The second-order valence-electron chi connectivity index (χ2n) is 12.4. The number of ether oxygens (including phenoxy) is 4. The predicted octanol–water partition coefficient (Wildman–Crippen LogP) is 9.33. The molecule has 2 aromatic heterocycles. The Morgan fingerprint density at radius 2 is 0.857 bits per heavy atom. The molecule has 0 saturated carbocycles. The van der Waals surface area contributed by atoms with Crippen molar-refractivity contribution >= 4 is 45.5 Å². The van der Waals surface area contributed by atoms with Gasteiger partial charge in [-0.25, -0.2) is 19.2 Å². The van der Waals surface area contributed by atoms with Crippen molar-refractivity contribution in [2.45, 2.75) is 38.6 Å². The van der Waals surface area contributed by atoms with E-state index < -0.39 is 23.9 Å². The lowest BCUT2D eigenvalue weighted by Crippen LogP contribution is -2.10. The molecule has 0 spiro atoms. The molecule has 0 aliphatic rings. The average Bonchev–Trinajstić information content (AvgIpc) is 3.22. The van der Waals surface area contributed by atoms with Gasteiger partial charge in [0, 0.05) is 35.3 Å². The molecule has 0 N–H and O–H groups in total. The van der Waals surface area contributed by atoms with Gasteiger partial charge in [0.15, 0.2) is 0 Å². The molecule has 0 saturated heterocycles. The first-order valence-electron chi connectivity index (χ1n) is 17.4. The Morgan fingerprint density at radius 1 is 0.464 bits per heavy atom. The predicted molar refractivity (Wildman–Crippen MR) is 214 cm³/mol. The van der Waals surface area contributed by atoms with Crippen molar-refractivity contribution in [3.63, 3.8) is 0 Å². The molecule has 0 aliphatic heterocycles. The number of hydrogen-bond donors (Lipinski definition) is 0.